The molecule has 0 saturated carbocycles. The summed E-state index contributed by atoms with van der Waals surface area (Å²) < 4.78 is 16.7. The number of esters is 1. The highest BCUT2D eigenvalue weighted by atomic mass is 32.1. The van der Waals surface area contributed by atoms with E-state index in [4.69, 9.17) is 13.9 Å². The minimum absolute atomic E-state index is 0.000683. The number of ether oxygens (including phenoxy) is 2. The highest BCUT2D eigenvalue weighted by molar-refractivity contribution is 7.80. The zero-order chi connectivity index (χ0) is 23.3. The summed E-state index contributed by atoms with van der Waals surface area (Å²) in [4.78, 5) is 47.1. The molecule has 11 heteroatoms. The largest absolute Gasteiger partial charge is 0.473 e. The van der Waals surface area contributed by atoms with Crippen molar-refractivity contribution in [2.45, 2.75) is 70.7 Å². The Morgan fingerprint density at radius 3 is 2.78 bits per heavy atom. The summed E-state index contributed by atoms with van der Waals surface area (Å²) in [5.74, 6) is -0.419. The molecule has 0 spiro atoms. The first kappa shape index (κ1) is 24.1. The normalized spacial score (nSPS) is 26.8. The van der Waals surface area contributed by atoms with Gasteiger partial charge in [0.15, 0.2) is 11.2 Å². The van der Waals surface area contributed by atoms with E-state index in [2.05, 4.69) is 33.2 Å². The van der Waals surface area contributed by atoms with E-state index in [9.17, 15) is 14.4 Å². The molecule has 4 bridgehead atoms. The number of fused-ring (bicyclic) bond motifs is 4. The summed E-state index contributed by atoms with van der Waals surface area (Å²) >= 11 is 4.21. The number of hydrogen-bond donors (Lipinski definition) is 3. The number of nitrogens with zero attached hydrogens (tertiary/aromatic N) is 2. The average Bonchev–Trinajstić information content (AvgIpc) is 3.37. The number of thiol groups is 1. The number of carbonyl (C=O) groups is 3. The highest BCUT2D eigenvalue weighted by Crippen LogP contribution is 2.23. The van der Waals surface area contributed by atoms with E-state index in [0.717, 1.165) is 12.8 Å². The Bertz CT molecular complexity index is 885. The number of aliphatic imine (C=N–C) groups is 1. The lowest BCUT2D eigenvalue weighted by Crippen LogP contribution is -2.53. The van der Waals surface area contributed by atoms with Gasteiger partial charge in [0.2, 0.25) is 17.7 Å². The molecule has 3 atom stereocenters. The number of unbranched alkanes of at least 4 members (excludes halogenated alkanes) is 1. The van der Waals surface area contributed by atoms with E-state index in [0.29, 0.717) is 17.9 Å². The van der Waals surface area contributed by atoms with Crippen LogP contribution in [0.2, 0.25) is 0 Å². The van der Waals surface area contributed by atoms with Gasteiger partial charge in [-0.15, -0.1) is 0 Å². The predicted molar refractivity (Wildman–Crippen MR) is 118 cm³/mol. The van der Waals surface area contributed by atoms with Crippen molar-refractivity contribution in [1.29, 1.82) is 0 Å². The van der Waals surface area contributed by atoms with Crippen molar-refractivity contribution in [3.63, 3.8) is 0 Å². The molecule has 1 aromatic heterocycles. The van der Waals surface area contributed by atoms with Crippen LogP contribution in [0.3, 0.4) is 0 Å². The quantitative estimate of drug-likeness (QED) is 0.339. The summed E-state index contributed by atoms with van der Waals surface area (Å²) in [5.41, 5.74) is -0.888. The van der Waals surface area contributed by atoms with Crippen LogP contribution < -0.4 is 10.6 Å². The van der Waals surface area contributed by atoms with Crippen LogP contribution in [-0.4, -0.2) is 58.7 Å². The van der Waals surface area contributed by atoms with Crippen LogP contribution in [0.15, 0.2) is 15.7 Å². The van der Waals surface area contributed by atoms with Crippen LogP contribution in [0.5, 0.6) is 0 Å². The molecule has 2 amide bonds. The standard InChI is InChI=1S/C21H30N4O6S/c1-12(2)17-19(27)31-13(6-4-5-7-32)8-15(26)22-9-16-23-14(10-29-16)18-25-21(3,11-30-18)20(28)24-17/h10,12-13,17,32H,4-9,11H2,1-3H3,(H,22,26)(H,24,28). The van der Waals surface area contributed by atoms with Gasteiger partial charge in [-0.1, -0.05) is 13.8 Å². The lowest BCUT2D eigenvalue weighted by atomic mass is 9.99. The first-order valence-corrected chi connectivity index (χ1v) is 11.4. The molecule has 176 valence electrons. The van der Waals surface area contributed by atoms with Gasteiger partial charge in [-0.2, -0.15) is 12.6 Å². The zero-order valence-corrected chi connectivity index (χ0v) is 19.4. The fourth-order valence-electron chi connectivity index (χ4n) is 3.41. The second-order valence-corrected chi connectivity index (χ2v) is 9.01. The molecule has 3 unspecified atom stereocenters. The van der Waals surface area contributed by atoms with Gasteiger partial charge in [-0.05, 0) is 37.9 Å². The maximum atomic E-state index is 13.0. The van der Waals surface area contributed by atoms with Gasteiger partial charge in [0.05, 0.1) is 13.0 Å². The lowest BCUT2D eigenvalue weighted by Gasteiger charge is -2.27. The van der Waals surface area contributed by atoms with Crippen molar-refractivity contribution in [2.24, 2.45) is 10.9 Å². The predicted octanol–water partition coefficient (Wildman–Crippen LogP) is 1.38. The Hall–Kier alpha value is -2.56. The summed E-state index contributed by atoms with van der Waals surface area (Å²) in [6, 6.07) is -0.888. The Morgan fingerprint density at radius 1 is 1.28 bits per heavy atom. The topological polar surface area (TPSA) is 132 Å². The molecule has 0 saturated heterocycles. The van der Waals surface area contributed by atoms with Gasteiger partial charge in [0.25, 0.3) is 5.91 Å². The molecule has 3 heterocycles. The van der Waals surface area contributed by atoms with Crippen molar-refractivity contribution in [2.75, 3.05) is 12.4 Å². The average molecular weight is 467 g/mol. The molecule has 32 heavy (non-hydrogen) atoms. The Morgan fingerprint density at radius 2 is 2.06 bits per heavy atom. The van der Waals surface area contributed by atoms with Crippen LogP contribution in [0.4, 0.5) is 0 Å². The summed E-state index contributed by atoms with van der Waals surface area (Å²) in [7, 11) is 0. The van der Waals surface area contributed by atoms with Gasteiger partial charge in [0, 0.05) is 0 Å². The van der Waals surface area contributed by atoms with E-state index in [1.807, 2.05) is 13.8 Å². The van der Waals surface area contributed by atoms with Crippen LogP contribution in [0.25, 0.3) is 0 Å². The van der Waals surface area contributed by atoms with Gasteiger partial charge < -0.3 is 24.5 Å². The SMILES string of the molecule is CC(C)C1NC(=O)C2(C)COC(=N2)c2coc(n2)CNC(=O)CC(CCCCS)OC1=O. The van der Waals surface area contributed by atoms with Gasteiger partial charge in [-0.25, -0.2) is 14.8 Å². The first-order chi connectivity index (χ1) is 15.2. The van der Waals surface area contributed by atoms with Crippen molar-refractivity contribution in [3.05, 3.63) is 17.8 Å². The first-order valence-electron chi connectivity index (χ1n) is 10.8. The van der Waals surface area contributed by atoms with Crippen molar-refractivity contribution < 1.29 is 28.3 Å². The van der Waals surface area contributed by atoms with Crippen molar-refractivity contribution in [3.8, 4) is 0 Å². The monoisotopic (exact) mass is 466 g/mol. The Kier molecular flexibility index (Phi) is 7.81. The Balaban J connectivity index is 1.88. The molecule has 0 aliphatic carbocycles. The fraction of sp³-hybridized carbons (Fsp3) is 0.667. The number of amides is 2. The second kappa shape index (κ2) is 10.4. The van der Waals surface area contributed by atoms with Gasteiger partial charge in [0.1, 0.15) is 25.0 Å². The van der Waals surface area contributed by atoms with Crippen molar-refractivity contribution in [1.82, 2.24) is 15.6 Å². The molecule has 1 aromatic rings. The number of nitrogens with one attached hydrogen (secondary N) is 2. The van der Waals surface area contributed by atoms with E-state index in [1.165, 1.54) is 6.26 Å². The second-order valence-electron chi connectivity index (χ2n) is 8.56. The van der Waals surface area contributed by atoms with Crippen LogP contribution >= 0.6 is 12.6 Å². The van der Waals surface area contributed by atoms with Crippen LogP contribution in [0.1, 0.15) is 58.0 Å². The summed E-state index contributed by atoms with van der Waals surface area (Å²) in [6.45, 7) is 5.32. The third-order valence-electron chi connectivity index (χ3n) is 5.37. The van der Waals surface area contributed by atoms with E-state index >= 15 is 0 Å². The van der Waals surface area contributed by atoms with Crippen molar-refractivity contribution >= 4 is 36.3 Å². The van der Waals surface area contributed by atoms with E-state index in [-0.39, 0.29) is 43.2 Å². The number of hydrogen-bond acceptors (Lipinski definition) is 9. The number of oxazole rings is 1. The molecule has 3 rings (SSSR count). The maximum Gasteiger partial charge on any atom is 0.329 e. The molecular weight excluding hydrogens is 436 g/mol. The molecule has 0 fully saturated rings. The summed E-state index contributed by atoms with van der Waals surface area (Å²) in [5, 5.41) is 5.49. The minimum atomic E-state index is -1.22. The number of rotatable bonds is 5. The zero-order valence-electron chi connectivity index (χ0n) is 18.6. The van der Waals surface area contributed by atoms with Crippen LogP contribution in [-0.2, 0) is 30.4 Å². The minimum Gasteiger partial charge on any atom is -0.473 e. The Labute approximate surface area is 192 Å². The number of cyclic esters (lactones) is 1. The third kappa shape index (κ3) is 5.81. The van der Waals surface area contributed by atoms with E-state index < -0.39 is 29.6 Å². The molecule has 2 aliphatic rings. The van der Waals surface area contributed by atoms with Gasteiger partial charge >= 0.3 is 5.97 Å². The summed E-state index contributed by atoms with van der Waals surface area (Å²) in [6.07, 6.45) is 2.85. The van der Waals surface area contributed by atoms with Crippen LogP contribution in [0, 0.1) is 5.92 Å². The molecule has 2 N–H and O–H groups in total. The molecule has 0 radical (unpaired) electrons. The maximum absolute atomic E-state index is 13.0. The molecule has 2 aliphatic heterocycles. The highest BCUT2D eigenvalue weighted by Gasteiger charge is 2.43. The number of aromatic nitrogens is 1. The third-order valence-corrected chi connectivity index (χ3v) is 5.69. The van der Waals surface area contributed by atoms with Gasteiger partial charge in [-0.3, -0.25) is 9.59 Å². The lowest BCUT2D eigenvalue weighted by molar-refractivity contribution is -0.156. The van der Waals surface area contributed by atoms with E-state index in [1.54, 1.807) is 6.92 Å². The smallest absolute Gasteiger partial charge is 0.329 e. The number of carbonyl (C=O) groups excluding carboxylic acids is 3. The molecule has 10 nitrogen and oxygen atoms in total. The molecular formula is C21H30N4O6S. The fourth-order valence-corrected chi connectivity index (χ4v) is 3.63. The molecule has 0 aromatic carbocycles.